The number of rotatable bonds is 6. The maximum atomic E-state index is 11.7. The number of carbonyl (C=O) groups is 1. The first kappa shape index (κ1) is 13.3. The number of hydrogen-bond acceptors (Lipinski definition) is 3. The molecule has 1 unspecified atom stereocenters. The average Bonchev–Trinajstić information content (AvgIpc) is 2.72. The first-order valence-corrected chi connectivity index (χ1v) is 5.38. The third-order valence-electron chi connectivity index (χ3n) is 2.60. The Morgan fingerprint density at radius 1 is 1.56 bits per heavy atom. The van der Waals surface area contributed by atoms with Crippen LogP contribution in [0.4, 0.5) is 8.78 Å². The second-order valence-corrected chi connectivity index (χ2v) is 3.89. The number of ether oxygens (including phenoxy) is 1. The van der Waals surface area contributed by atoms with Crippen molar-refractivity contribution in [1.82, 2.24) is 4.90 Å². The van der Waals surface area contributed by atoms with Crippen molar-refractivity contribution >= 4 is 5.91 Å². The van der Waals surface area contributed by atoms with Crippen LogP contribution in [0.2, 0.25) is 0 Å². The number of hydrogen-bond donors (Lipinski definition) is 1. The Morgan fingerprint density at radius 3 is 2.88 bits per heavy atom. The van der Waals surface area contributed by atoms with Crippen LogP contribution in [0.5, 0.6) is 0 Å². The molecule has 1 aliphatic heterocycles. The summed E-state index contributed by atoms with van der Waals surface area (Å²) in [5.74, 6) is 0.0659. The lowest BCUT2D eigenvalue weighted by Crippen LogP contribution is -2.30. The summed E-state index contributed by atoms with van der Waals surface area (Å²) in [5, 5.41) is 8.89. The van der Waals surface area contributed by atoms with E-state index in [1.165, 1.54) is 0 Å². The van der Waals surface area contributed by atoms with Crippen LogP contribution < -0.4 is 0 Å². The highest BCUT2D eigenvalue weighted by molar-refractivity contribution is 5.76. The Morgan fingerprint density at radius 2 is 2.31 bits per heavy atom. The van der Waals surface area contributed by atoms with Gasteiger partial charge in [0.1, 0.15) is 6.61 Å². The maximum Gasteiger partial charge on any atom is 0.261 e. The number of likely N-dealkylation sites (tertiary alicyclic amines) is 1. The zero-order valence-corrected chi connectivity index (χ0v) is 9.07. The molecule has 1 fully saturated rings. The van der Waals surface area contributed by atoms with Crippen molar-refractivity contribution in [3.63, 3.8) is 0 Å². The third-order valence-corrected chi connectivity index (χ3v) is 2.60. The van der Waals surface area contributed by atoms with Crippen molar-refractivity contribution in [2.45, 2.75) is 19.3 Å². The van der Waals surface area contributed by atoms with Crippen LogP contribution in [0, 0.1) is 5.92 Å². The molecule has 0 bridgehead atoms. The molecule has 6 heteroatoms. The fourth-order valence-corrected chi connectivity index (χ4v) is 1.70. The molecule has 1 rings (SSSR count). The maximum absolute atomic E-state index is 11.7. The quantitative estimate of drug-likeness (QED) is 0.684. The van der Waals surface area contributed by atoms with Crippen LogP contribution in [-0.4, -0.2) is 55.2 Å². The molecule has 1 saturated heterocycles. The number of alkyl halides is 2. The SMILES string of the molecule is O=C(CCOCC(F)F)N1CCC(CO)C1. The van der Waals surface area contributed by atoms with Crippen molar-refractivity contribution in [3.8, 4) is 0 Å². The minimum absolute atomic E-state index is 0.0312. The molecule has 0 aromatic rings. The first-order chi connectivity index (χ1) is 7.63. The summed E-state index contributed by atoms with van der Waals surface area (Å²) in [6.07, 6.45) is -1.55. The minimum Gasteiger partial charge on any atom is -0.396 e. The number of carbonyl (C=O) groups excluding carboxylic acids is 1. The summed E-state index contributed by atoms with van der Waals surface area (Å²) in [6.45, 7) is 0.699. The smallest absolute Gasteiger partial charge is 0.261 e. The molecule has 0 saturated carbocycles. The number of halogens is 2. The zero-order valence-electron chi connectivity index (χ0n) is 9.07. The van der Waals surface area contributed by atoms with E-state index in [1.54, 1.807) is 4.90 Å². The minimum atomic E-state index is -2.49. The van der Waals surface area contributed by atoms with Gasteiger partial charge in [0.25, 0.3) is 6.43 Å². The van der Waals surface area contributed by atoms with E-state index in [0.29, 0.717) is 13.1 Å². The van der Waals surface area contributed by atoms with Gasteiger partial charge < -0.3 is 14.7 Å². The molecule has 0 spiro atoms. The van der Waals surface area contributed by atoms with Gasteiger partial charge in [0.15, 0.2) is 0 Å². The zero-order chi connectivity index (χ0) is 12.0. The highest BCUT2D eigenvalue weighted by atomic mass is 19.3. The molecule has 1 N–H and O–H groups in total. The van der Waals surface area contributed by atoms with Crippen LogP contribution in [0.15, 0.2) is 0 Å². The summed E-state index contributed by atoms with van der Waals surface area (Å²) in [6, 6.07) is 0. The van der Waals surface area contributed by atoms with Gasteiger partial charge in [-0.3, -0.25) is 4.79 Å². The van der Waals surface area contributed by atoms with Crippen molar-refractivity contribution < 1.29 is 23.4 Å². The van der Waals surface area contributed by atoms with Crippen molar-refractivity contribution in [1.29, 1.82) is 0 Å². The summed E-state index contributed by atoms with van der Waals surface area (Å²) >= 11 is 0. The average molecular weight is 237 g/mol. The highest BCUT2D eigenvalue weighted by Crippen LogP contribution is 2.16. The predicted octanol–water partition coefficient (Wildman–Crippen LogP) is 0.499. The summed E-state index contributed by atoms with van der Waals surface area (Å²) in [4.78, 5) is 13.2. The lowest BCUT2D eigenvalue weighted by Gasteiger charge is -2.15. The highest BCUT2D eigenvalue weighted by Gasteiger charge is 2.25. The molecule has 1 aliphatic rings. The summed E-state index contributed by atoms with van der Waals surface area (Å²) < 4.78 is 28.0. The Kier molecular flexibility index (Phi) is 5.62. The van der Waals surface area contributed by atoms with Gasteiger partial charge in [-0.05, 0) is 6.42 Å². The predicted molar refractivity (Wildman–Crippen MR) is 53.2 cm³/mol. The van der Waals surface area contributed by atoms with Gasteiger partial charge in [0, 0.05) is 25.6 Å². The van der Waals surface area contributed by atoms with E-state index in [0.717, 1.165) is 6.42 Å². The second kappa shape index (κ2) is 6.75. The molecule has 16 heavy (non-hydrogen) atoms. The number of aliphatic hydroxyl groups excluding tert-OH is 1. The third kappa shape index (κ3) is 4.40. The monoisotopic (exact) mass is 237 g/mol. The molecule has 4 nitrogen and oxygen atoms in total. The van der Waals surface area contributed by atoms with E-state index in [2.05, 4.69) is 4.74 Å². The van der Waals surface area contributed by atoms with E-state index >= 15 is 0 Å². The standard InChI is InChI=1S/C10H17F2NO3/c11-9(12)7-16-4-2-10(15)13-3-1-8(5-13)6-14/h8-9,14H,1-7H2. The Balaban J connectivity index is 2.11. The Labute approximate surface area is 93.2 Å². The molecule has 0 radical (unpaired) electrons. The van der Waals surface area contributed by atoms with Crippen molar-refractivity contribution in [3.05, 3.63) is 0 Å². The van der Waals surface area contributed by atoms with E-state index in [9.17, 15) is 13.6 Å². The van der Waals surface area contributed by atoms with Gasteiger partial charge in [0.05, 0.1) is 13.0 Å². The van der Waals surface area contributed by atoms with Crippen LogP contribution in [0.25, 0.3) is 0 Å². The lowest BCUT2D eigenvalue weighted by atomic mass is 10.1. The fraction of sp³-hybridized carbons (Fsp3) is 0.900. The normalized spacial score (nSPS) is 20.8. The molecular weight excluding hydrogens is 220 g/mol. The van der Waals surface area contributed by atoms with Gasteiger partial charge in [-0.1, -0.05) is 0 Å². The largest absolute Gasteiger partial charge is 0.396 e. The molecule has 1 amide bonds. The van der Waals surface area contributed by atoms with Crippen LogP contribution in [0.1, 0.15) is 12.8 Å². The van der Waals surface area contributed by atoms with Crippen molar-refractivity contribution in [2.75, 3.05) is 32.9 Å². The van der Waals surface area contributed by atoms with Gasteiger partial charge in [-0.15, -0.1) is 0 Å². The van der Waals surface area contributed by atoms with Gasteiger partial charge in [0.2, 0.25) is 5.91 Å². The molecule has 1 atom stereocenters. The van der Waals surface area contributed by atoms with E-state index in [4.69, 9.17) is 5.11 Å². The van der Waals surface area contributed by atoms with Crippen molar-refractivity contribution in [2.24, 2.45) is 5.92 Å². The molecule has 94 valence electrons. The van der Waals surface area contributed by atoms with E-state index in [-0.39, 0.29) is 31.5 Å². The fourth-order valence-electron chi connectivity index (χ4n) is 1.70. The number of amides is 1. The van der Waals surface area contributed by atoms with Crippen LogP contribution in [-0.2, 0) is 9.53 Å². The van der Waals surface area contributed by atoms with Gasteiger partial charge in [-0.2, -0.15) is 0 Å². The number of nitrogens with zero attached hydrogens (tertiary/aromatic N) is 1. The van der Waals surface area contributed by atoms with Crippen LogP contribution >= 0.6 is 0 Å². The van der Waals surface area contributed by atoms with Gasteiger partial charge in [-0.25, -0.2) is 8.78 Å². The molecular formula is C10H17F2NO3. The molecule has 1 heterocycles. The van der Waals surface area contributed by atoms with Crippen LogP contribution in [0.3, 0.4) is 0 Å². The van der Waals surface area contributed by atoms with Gasteiger partial charge >= 0.3 is 0 Å². The second-order valence-electron chi connectivity index (χ2n) is 3.89. The van der Waals surface area contributed by atoms with E-state index in [1.807, 2.05) is 0 Å². The first-order valence-electron chi connectivity index (χ1n) is 5.38. The topological polar surface area (TPSA) is 49.8 Å². The molecule has 0 aromatic carbocycles. The molecule has 0 aromatic heterocycles. The molecule has 0 aliphatic carbocycles. The number of aliphatic hydroxyl groups is 1. The summed E-state index contributed by atoms with van der Waals surface area (Å²) in [7, 11) is 0. The lowest BCUT2D eigenvalue weighted by molar-refractivity contribution is -0.131. The summed E-state index contributed by atoms with van der Waals surface area (Å²) in [5.41, 5.74) is 0. The Bertz CT molecular complexity index is 226. The Hall–Kier alpha value is -0.750. The van der Waals surface area contributed by atoms with E-state index < -0.39 is 13.0 Å².